The molecule has 0 radical (unpaired) electrons. The van der Waals surface area contributed by atoms with Crippen LogP contribution in [-0.4, -0.2) is 28.0 Å². The Bertz CT molecular complexity index is 1510. The molecule has 0 aromatic heterocycles. The lowest BCUT2D eigenvalue weighted by molar-refractivity contribution is -0.139. The van der Waals surface area contributed by atoms with Crippen molar-refractivity contribution in [3.8, 4) is 22.6 Å². The van der Waals surface area contributed by atoms with Crippen molar-refractivity contribution in [3.63, 3.8) is 0 Å². The maximum Gasteiger partial charge on any atom is 0.417 e. The molecule has 3 aromatic rings. The van der Waals surface area contributed by atoms with Crippen LogP contribution in [0, 0.1) is 6.92 Å². The molecule has 37 heavy (non-hydrogen) atoms. The van der Waals surface area contributed by atoms with Crippen LogP contribution in [0.25, 0.3) is 11.1 Å². The Kier molecular flexibility index (Phi) is 6.07. The zero-order valence-corrected chi connectivity index (χ0v) is 20.9. The molecule has 0 atom stereocenters. The summed E-state index contributed by atoms with van der Waals surface area (Å²) in [4.78, 5) is 12.6. The molecule has 0 amide bonds. The summed E-state index contributed by atoms with van der Waals surface area (Å²) in [6.07, 6.45) is -3.35. The molecule has 194 valence electrons. The Labute approximate surface area is 212 Å². The smallest absolute Gasteiger partial charge is 0.417 e. The summed E-state index contributed by atoms with van der Waals surface area (Å²) in [6.45, 7) is 1.89. The lowest BCUT2D eigenvalue weighted by atomic mass is 9.86. The highest BCUT2D eigenvalue weighted by atomic mass is 32.2. The van der Waals surface area contributed by atoms with E-state index in [1.54, 1.807) is 31.2 Å². The van der Waals surface area contributed by atoms with Crippen molar-refractivity contribution < 1.29 is 35.9 Å². The number of halogens is 3. The summed E-state index contributed by atoms with van der Waals surface area (Å²) in [5.74, 6) is 1.27. The van der Waals surface area contributed by atoms with E-state index in [9.17, 15) is 26.4 Å². The molecule has 1 saturated carbocycles. The average Bonchev–Trinajstić information content (AvgIpc) is 3.55. The Morgan fingerprint density at radius 2 is 1.73 bits per heavy atom. The minimum atomic E-state index is -4.88. The number of alkyl halides is 3. The van der Waals surface area contributed by atoms with E-state index in [0.29, 0.717) is 41.0 Å². The van der Waals surface area contributed by atoms with E-state index in [0.717, 1.165) is 24.7 Å². The van der Waals surface area contributed by atoms with Crippen LogP contribution < -0.4 is 14.2 Å². The Morgan fingerprint density at radius 1 is 1.00 bits per heavy atom. The molecule has 1 aliphatic carbocycles. The molecular weight excluding hydrogens is 507 g/mol. The van der Waals surface area contributed by atoms with E-state index >= 15 is 0 Å². The van der Waals surface area contributed by atoms with E-state index in [-0.39, 0.29) is 24.6 Å². The number of hydrogen-bond acceptors (Lipinski definition) is 5. The molecule has 10 heteroatoms. The number of carbonyl (C=O) groups is 1. The second-order valence-corrected chi connectivity index (χ2v) is 11.2. The van der Waals surface area contributed by atoms with Crippen molar-refractivity contribution in [3.05, 3.63) is 76.9 Å². The second kappa shape index (κ2) is 8.88. The van der Waals surface area contributed by atoms with Gasteiger partial charge in [-0.15, -0.1) is 0 Å². The monoisotopic (exact) mass is 531 g/mol. The van der Waals surface area contributed by atoms with E-state index in [4.69, 9.17) is 9.47 Å². The SMILES string of the molecule is CNS(=O)(=O)c1ccc(-c2cc(CC(=O)C3(c4ccc5c(c4)OCO5)CC3)ccc2C)cc1C(F)(F)F. The van der Waals surface area contributed by atoms with Gasteiger partial charge in [0.15, 0.2) is 11.5 Å². The number of fused-ring (bicyclic) bond motifs is 1. The molecule has 1 aliphatic heterocycles. The van der Waals surface area contributed by atoms with Gasteiger partial charge in [-0.05, 0) is 78.9 Å². The third-order valence-corrected chi connectivity index (χ3v) is 8.50. The third-order valence-electron chi connectivity index (χ3n) is 7.03. The Balaban J connectivity index is 1.46. The number of benzene rings is 3. The number of ketones is 1. The maximum atomic E-state index is 13.8. The number of nitrogens with one attached hydrogen (secondary N) is 1. The van der Waals surface area contributed by atoms with Gasteiger partial charge < -0.3 is 9.47 Å². The fourth-order valence-electron chi connectivity index (χ4n) is 4.76. The maximum absolute atomic E-state index is 13.8. The number of ether oxygens (including phenoxy) is 2. The second-order valence-electron chi connectivity index (χ2n) is 9.32. The molecule has 3 aromatic carbocycles. The van der Waals surface area contributed by atoms with Crippen molar-refractivity contribution in [2.75, 3.05) is 13.8 Å². The number of aryl methyl sites for hydroxylation is 1. The van der Waals surface area contributed by atoms with Crippen molar-refractivity contribution >= 4 is 15.8 Å². The van der Waals surface area contributed by atoms with Gasteiger partial charge in [-0.25, -0.2) is 13.1 Å². The highest BCUT2D eigenvalue weighted by Gasteiger charge is 2.50. The summed E-state index contributed by atoms with van der Waals surface area (Å²) in [6, 6.07) is 13.9. The number of sulfonamides is 1. The van der Waals surface area contributed by atoms with E-state index in [1.165, 1.54) is 6.07 Å². The number of rotatable bonds is 7. The van der Waals surface area contributed by atoms with Crippen LogP contribution in [0.4, 0.5) is 13.2 Å². The van der Waals surface area contributed by atoms with Crippen LogP contribution in [0.15, 0.2) is 59.5 Å². The molecule has 1 heterocycles. The van der Waals surface area contributed by atoms with Crippen LogP contribution >= 0.6 is 0 Å². The summed E-state index contributed by atoms with van der Waals surface area (Å²) in [5, 5.41) is 0. The Hall–Kier alpha value is -3.37. The van der Waals surface area contributed by atoms with Crippen molar-refractivity contribution in [1.29, 1.82) is 0 Å². The van der Waals surface area contributed by atoms with Crippen LogP contribution in [0.2, 0.25) is 0 Å². The van der Waals surface area contributed by atoms with Gasteiger partial charge in [0.05, 0.1) is 15.9 Å². The molecule has 1 fully saturated rings. The van der Waals surface area contributed by atoms with Gasteiger partial charge in [-0.2, -0.15) is 13.2 Å². The minimum absolute atomic E-state index is 0.0209. The van der Waals surface area contributed by atoms with E-state index in [1.807, 2.05) is 16.9 Å². The molecule has 0 unspecified atom stereocenters. The minimum Gasteiger partial charge on any atom is -0.454 e. The first-order valence-corrected chi connectivity index (χ1v) is 13.1. The number of carbonyl (C=O) groups excluding carboxylic acids is 1. The van der Waals surface area contributed by atoms with Crippen LogP contribution in [0.3, 0.4) is 0 Å². The zero-order valence-electron chi connectivity index (χ0n) is 20.1. The topological polar surface area (TPSA) is 81.7 Å². The Morgan fingerprint density at radius 3 is 2.41 bits per heavy atom. The van der Waals surface area contributed by atoms with Gasteiger partial charge in [0.1, 0.15) is 5.78 Å². The predicted molar refractivity (Wildman–Crippen MR) is 130 cm³/mol. The van der Waals surface area contributed by atoms with E-state index in [2.05, 4.69) is 0 Å². The van der Waals surface area contributed by atoms with Crippen LogP contribution in [-0.2, 0) is 32.8 Å². The van der Waals surface area contributed by atoms with Gasteiger partial charge in [-0.3, -0.25) is 4.79 Å². The van der Waals surface area contributed by atoms with E-state index < -0.39 is 32.1 Å². The fourth-order valence-corrected chi connectivity index (χ4v) is 5.69. The third kappa shape index (κ3) is 4.59. The first-order valence-electron chi connectivity index (χ1n) is 11.6. The number of Topliss-reactive ketones (excluding diaryl/α,β-unsaturated/α-hetero) is 1. The first-order chi connectivity index (χ1) is 17.4. The normalized spacial score (nSPS) is 16.0. The fraction of sp³-hybridized carbons (Fsp3) is 0.296. The zero-order chi connectivity index (χ0) is 26.6. The number of hydrogen-bond donors (Lipinski definition) is 1. The lowest BCUT2D eigenvalue weighted by Crippen LogP contribution is -2.23. The first kappa shape index (κ1) is 25.3. The van der Waals surface area contributed by atoms with Crippen molar-refractivity contribution in [1.82, 2.24) is 4.72 Å². The van der Waals surface area contributed by atoms with Gasteiger partial charge in [0, 0.05) is 6.42 Å². The van der Waals surface area contributed by atoms with Crippen LogP contribution in [0.5, 0.6) is 11.5 Å². The van der Waals surface area contributed by atoms with Crippen LogP contribution in [0.1, 0.15) is 35.1 Å². The quantitative estimate of drug-likeness (QED) is 0.456. The summed E-state index contributed by atoms with van der Waals surface area (Å²) < 4.78 is 78.5. The van der Waals surface area contributed by atoms with Gasteiger partial charge >= 0.3 is 6.18 Å². The van der Waals surface area contributed by atoms with Crippen molar-refractivity contribution in [2.45, 2.75) is 42.7 Å². The predicted octanol–water partition coefficient (Wildman–Crippen LogP) is 5.16. The van der Waals surface area contributed by atoms with Gasteiger partial charge in [-0.1, -0.05) is 30.3 Å². The molecule has 6 nitrogen and oxygen atoms in total. The molecule has 2 aliphatic rings. The summed E-state index contributed by atoms with van der Waals surface area (Å²) >= 11 is 0. The molecule has 1 N–H and O–H groups in total. The van der Waals surface area contributed by atoms with Crippen molar-refractivity contribution in [2.24, 2.45) is 0 Å². The average molecular weight is 532 g/mol. The van der Waals surface area contributed by atoms with Gasteiger partial charge in [0.2, 0.25) is 16.8 Å². The lowest BCUT2D eigenvalue weighted by Gasteiger charge is -2.17. The largest absolute Gasteiger partial charge is 0.454 e. The highest BCUT2D eigenvalue weighted by molar-refractivity contribution is 7.89. The molecular formula is C27H24F3NO5S. The molecule has 0 bridgehead atoms. The standard InChI is InChI=1S/C27H24F3NO5S/c1-16-3-4-17(12-25(32)26(9-10-26)19-6-7-22-23(14-19)36-15-35-22)11-20(16)18-5-8-24(37(33,34)31-2)21(13-18)27(28,29)30/h3-8,11,13-14,31H,9-10,12,15H2,1-2H3. The summed E-state index contributed by atoms with van der Waals surface area (Å²) in [7, 11) is -3.26. The van der Waals surface area contributed by atoms with Gasteiger partial charge in [0.25, 0.3) is 0 Å². The highest BCUT2D eigenvalue weighted by Crippen LogP contribution is 2.51. The molecule has 0 saturated heterocycles. The molecule has 0 spiro atoms. The summed E-state index contributed by atoms with van der Waals surface area (Å²) in [5.41, 5.74) is 1.08. The molecule has 5 rings (SSSR count).